The van der Waals surface area contributed by atoms with Crippen molar-refractivity contribution in [3.63, 3.8) is 0 Å². The lowest BCUT2D eigenvalue weighted by Crippen LogP contribution is -2.41. The highest BCUT2D eigenvalue weighted by molar-refractivity contribution is 5.59. The van der Waals surface area contributed by atoms with Gasteiger partial charge in [-0.2, -0.15) is 0 Å². The monoisotopic (exact) mass is 269 g/mol. The fourth-order valence-corrected chi connectivity index (χ4v) is 2.33. The second-order valence-corrected chi connectivity index (χ2v) is 4.80. The van der Waals surface area contributed by atoms with Gasteiger partial charge in [0.25, 0.3) is 0 Å². The Kier molecular flexibility index (Phi) is 5.31. The smallest absolute Gasteiger partial charge is 0.126 e. The third kappa shape index (κ3) is 3.45. The third-order valence-electron chi connectivity index (χ3n) is 3.07. The molecule has 0 bridgehead atoms. The van der Waals surface area contributed by atoms with Crippen molar-refractivity contribution in [1.82, 2.24) is 0 Å². The Morgan fingerprint density at radius 1 is 0.842 bits per heavy atom. The third-order valence-corrected chi connectivity index (χ3v) is 3.07. The first kappa shape index (κ1) is 15.9. The molecule has 0 spiro atoms. The van der Waals surface area contributed by atoms with Crippen molar-refractivity contribution >= 4 is 5.69 Å². The fraction of sp³-hybridized carbons (Fsp3) is 0.571. The van der Waals surface area contributed by atoms with Crippen molar-refractivity contribution in [3.8, 4) is 0 Å². The molecular formula is C14H23NO4. The standard InChI is InChI=1S/C14H23NO4/c1-8(16)12-6-5-7-13(14(12)9(2)17)15(10(3)18)11(4)19/h5-11,16-19H,1-4H3. The summed E-state index contributed by atoms with van der Waals surface area (Å²) in [6.45, 7) is 6.27. The van der Waals surface area contributed by atoms with Crippen molar-refractivity contribution in [3.05, 3.63) is 29.3 Å². The molecule has 4 unspecified atom stereocenters. The van der Waals surface area contributed by atoms with E-state index in [2.05, 4.69) is 0 Å². The lowest BCUT2D eigenvalue weighted by atomic mass is 9.96. The van der Waals surface area contributed by atoms with Gasteiger partial charge in [0.2, 0.25) is 0 Å². The van der Waals surface area contributed by atoms with E-state index in [4.69, 9.17) is 0 Å². The van der Waals surface area contributed by atoms with E-state index in [0.29, 0.717) is 16.8 Å². The molecule has 0 amide bonds. The van der Waals surface area contributed by atoms with Crippen LogP contribution in [-0.2, 0) is 0 Å². The molecular weight excluding hydrogens is 246 g/mol. The van der Waals surface area contributed by atoms with Crippen LogP contribution in [0.15, 0.2) is 18.2 Å². The molecule has 0 aromatic heterocycles. The van der Waals surface area contributed by atoms with Gasteiger partial charge >= 0.3 is 0 Å². The maximum atomic E-state index is 9.95. The SMILES string of the molecule is CC(O)c1cccc(N(C(C)O)C(C)O)c1C(C)O. The van der Waals surface area contributed by atoms with Crippen molar-refractivity contribution < 1.29 is 20.4 Å². The normalized spacial score (nSPS) is 17.7. The average molecular weight is 269 g/mol. The van der Waals surface area contributed by atoms with Crippen LogP contribution in [0.5, 0.6) is 0 Å². The molecule has 0 saturated carbocycles. The lowest BCUT2D eigenvalue weighted by molar-refractivity contribution is 0.103. The molecule has 0 aliphatic rings. The van der Waals surface area contributed by atoms with E-state index < -0.39 is 24.7 Å². The summed E-state index contributed by atoms with van der Waals surface area (Å²) in [5.41, 5.74) is 1.61. The molecule has 5 heteroatoms. The number of aliphatic hydroxyl groups excluding tert-OH is 4. The van der Waals surface area contributed by atoms with Gasteiger partial charge in [0.05, 0.1) is 12.2 Å². The number of hydrogen-bond donors (Lipinski definition) is 4. The van der Waals surface area contributed by atoms with Crippen LogP contribution in [0.2, 0.25) is 0 Å². The quantitative estimate of drug-likeness (QED) is 0.605. The summed E-state index contributed by atoms with van der Waals surface area (Å²) >= 11 is 0. The van der Waals surface area contributed by atoms with Crippen molar-refractivity contribution in [2.24, 2.45) is 0 Å². The van der Waals surface area contributed by atoms with Gasteiger partial charge in [0.15, 0.2) is 0 Å². The number of benzene rings is 1. The van der Waals surface area contributed by atoms with Crippen LogP contribution in [0.25, 0.3) is 0 Å². The van der Waals surface area contributed by atoms with Gasteiger partial charge in [0, 0.05) is 11.3 Å². The Bertz CT molecular complexity index is 408. The van der Waals surface area contributed by atoms with E-state index in [1.807, 2.05) is 0 Å². The van der Waals surface area contributed by atoms with Gasteiger partial charge in [-0.15, -0.1) is 0 Å². The van der Waals surface area contributed by atoms with Gasteiger partial charge in [-0.25, -0.2) is 0 Å². The summed E-state index contributed by atoms with van der Waals surface area (Å²) in [5.74, 6) is 0. The predicted molar refractivity (Wildman–Crippen MR) is 73.6 cm³/mol. The first-order valence-corrected chi connectivity index (χ1v) is 6.40. The first-order chi connectivity index (χ1) is 8.77. The van der Waals surface area contributed by atoms with Crippen molar-refractivity contribution in [2.75, 3.05) is 4.90 Å². The molecule has 4 atom stereocenters. The Morgan fingerprint density at radius 2 is 1.37 bits per heavy atom. The van der Waals surface area contributed by atoms with Gasteiger partial charge in [-0.05, 0) is 39.3 Å². The van der Waals surface area contributed by atoms with Crippen LogP contribution < -0.4 is 4.90 Å². The molecule has 0 saturated heterocycles. The molecule has 0 aliphatic heterocycles. The molecule has 1 aromatic rings. The highest BCUT2D eigenvalue weighted by Crippen LogP contribution is 2.34. The summed E-state index contributed by atoms with van der Waals surface area (Å²) in [6.07, 6.45) is -3.39. The van der Waals surface area contributed by atoms with Crippen LogP contribution in [0.1, 0.15) is 51.0 Å². The van der Waals surface area contributed by atoms with Gasteiger partial charge < -0.3 is 25.3 Å². The molecule has 5 nitrogen and oxygen atoms in total. The largest absolute Gasteiger partial charge is 0.389 e. The number of nitrogens with zero attached hydrogens (tertiary/aromatic N) is 1. The summed E-state index contributed by atoms with van der Waals surface area (Å²) in [6, 6.07) is 5.15. The summed E-state index contributed by atoms with van der Waals surface area (Å²) in [5, 5.41) is 39.3. The molecule has 108 valence electrons. The van der Waals surface area contributed by atoms with Crippen molar-refractivity contribution in [2.45, 2.75) is 52.4 Å². The summed E-state index contributed by atoms with van der Waals surface area (Å²) in [7, 11) is 0. The minimum Gasteiger partial charge on any atom is -0.389 e. The van der Waals surface area contributed by atoms with Crippen LogP contribution in [0, 0.1) is 0 Å². The number of aliphatic hydroxyl groups is 4. The number of hydrogen-bond acceptors (Lipinski definition) is 5. The maximum absolute atomic E-state index is 9.95. The van der Waals surface area contributed by atoms with Crippen LogP contribution in [0.3, 0.4) is 0 Å². The molecule has 1 aromatic carbocycles. The van der Waals surface area contributed by atoms with E-state index >= 15 is 0 Å². The Morgan fingerprint density at radius 3 is 1.74 bits per heavy atom. The van der Waals surface area contributed by atoms with E-state index in [9.17, 15) is 20.4 Å². The maximum Gasteiger partial charge on any atom is 0.126 e. The molecule has 0 heterocycles. The molecule has 1 rings (SSSR count). The van der Waals surface area contributed by atoms with E-state index in [-0.39, 0.29) is 0 Å². The highest BCUT2D eigenvalue weighted by atomic mass is 16.3. The van der Waals surface area contributed by atoms with Crippen LogP contribution >= 0.6 is 0 Å². The summed E-state index contributed by atoms with van der Waals surface area (Å²) in [4.78, 5) is 1.38. The number of anilines is 1. The van der Waals surface area contributed by atoms with Gasteiger partial charge in [-0.1, -0.05) is 12.1 Å². The van der Waals surface area contributed by atoms with E-state index in [1.165, 1.54) is 18.7 Å². The zero-order chi connectivity index (χ0) is 14.7. The molecule has 0 fully saturated rings. The van der Waals surface area contributed by atoms with Crippen LogP contribution in [-0.4, -0.2) is 32.9 Å². The zero-order valence-electron chi connectivity index (χ0n) is 11.8. The zero-order valence-corrected chi connectivity index (χ0v) is 11.8. The van der Waals surface area contributed by atoms with Crippen LogP contribution in [0.4, 0.5) is 5.69 Å². The average Bonchev–Trinajstić information content (AvgIpc) is 2.27. The number of rotatable bonds is 5. The van der Waals surface area contributed by atoms with Gasteiger partial charge in [0.1, 0.15) is 12.5 Å². The second-order valence-electron chi connectivity index (χ2n) is 4.80. The lowest BCUT2D eigenvalue weighted by Gasteiger charge is -2.34. The molecule has 0 aliphatic carbocycles. The molecule has 19 heavy (non-hydrogen) atoms. The van der Waals surface area contributed by atoms with E-state index in [0.717, 1.165) is 0 Å². The highest BCUT2D eigenvalue weighted by Gasteiger charge is 2.24. The molecule has 4 N–H and O–H groups in total. The topological polar surface area (TPSA) is 84.2 Å². The Labute approximate surface area is 113 Å². The molecule has 0 radical (unpaired) electrons. The van der Waals surface area contributed by atoms with E-state index in [1.54, 1.807) is 32.0 Å². The minimum atomic E-state index is -0.915. The minimum absolute atomic E-state index is 0.512. The Balaban J connectivity index is 3.45. The predicted octanol–water partition coefficient (Wildman–Crippen LogP) is 1.28. The Hall–Kier alpha value is -1.14. The fourth-order valence-electron chi connectivity index (χ4n) is 2.33. The van der Waals surface area contributed by atoms with Crippen molar-refractivity contribution in [1.29, 1.82) is 0 Å². The second kappa shape index (κ2) is 6.34. The van der Waals surface area contributed by atoms with Gasteiger partial charge in [-0.3, -0.25) is 0 Å². The summed E-state index contributed by atoms with van der Waals surface area (Å²) < 4.78 is 0. The first-order valence-electron chi connectivity index (χ1n) is 6.40.